The number of hydrogen-bond donors (Lipinski definition) is 1. The third-order valence-electron chi connectivity index (χ3n) is 2.56. The van der Waals surface area contributed by atoms with E-state index in [0.717, 1.165) is 0 Å². The molecule has 1 N–H and O–H groups in total. The fourth-order valence-corrected chi connectivity index (χ4v) is 3.93. The quantitative estimate of drug-likeness (QED) is 0.719. The molecule has 1 atom stereocenters. The van der Waals surface area contributed by atoms with Gasteiger partial charge in [-0.2, -0.15) is 0 Å². The number of amides is 1. The molecule has 0 bridgehead atoms. The minimum absolute atomic E-state index is 0.0357. The van der Waals surface area contributed by atoms with Crippen LogP contribution in [0.2, 0.25) is 10.0 Å². The molecule has 0 spiro atoms. The molecule has 1 aromatic heterocycles. The minimum atomic E-state index is -0.360. The Kier molecular flexibility index (Phi) is 6.52. The normalized spacial score (nSPS) is 12.3. The lowest BCUT2D eigenvalue weighted by atomic mass is 10.3. The van der Waals surface area contributed by atoms with Crippen molar-refractivity contribution >= 4 is 57.9 Å². The van der Waals surface area contributed by atoms with Crippen molar-refractivity contribution in [2.45, 2.75) is 36.5 Å². The first-order valence-corrected chi connectivity index (χ1v) is 9.23. The van der Waals surface area contributed by atoms with Crippen LogP contribution < -0.4 is 10.1 Å². The monoisotopic (exact) mass is 391 g/mol. The lowest BCUT2D eigenvalue weighted by Crippen LogP contribution is -2.22. The molecule has 2 rings (SSSR count). The summed E-state index contributed by atoms with van der Waals surface area (Å²) in [4.78, 5) is 12.2. The molecule has 0 aliphatic rings. The van der Waals surface area contributed by atoms with E-state index in [1.54, 1.807) is 25.1 Å². The van der Waals surface area contributed by atoms with Gasteiger partial charge in [-0.15, -0.1) is 5.10 Å². The largest absolute Gasteiger partial charge is 0.466 e. The van der Waals surface area contributed by atoms with Gasteiger partial charge in [-0.05, 0) is 50.3 Å². The summed E-state index contributed by atoms with van der Waals surface area (Å²) in [5.41, 5.74) is 0.523. The van der Waals surface area contributed by atoms with Crippen LogP contribution in [0.5, 0.6) is 5.19 Å². The summed E-state index contributed by atoms with van der Waals surface area (Å²) in [6, 6.07) is 4.91. The molecule has 0 aliphatic carbocycles. The van der Waals surface area contributed by atoms with Crippen LogP contribution in [-0.2, 0) is 4.79 Å². The maximum absolute atomic E-state index is 12.2. The lowest BCUT2D eigenvalue weighted by molar-refractivity contribution is -0.115. The van der Waals surface area contributed by atoms with E-state index >= 15 is 0 Å². The highest BCUT2D eigenvalue weighted by molar-refractivity contribution is 8.02. The highest BCUT2D eigenvalue weighted by atomic mass is 35.5. The summed E-state index contributed by atoms with van der Waals surface area (Å²) >= 11 is 14.5. The number of hydrogen-bond acceptors (Lipinski definition) is 6. The zero-order valence-corrected chi connectivity index (χ0v) is 15.8. The van der Waals surface area contributed by atoms with Crippen LogP contribution >= 0.6 is 46.3 Å². The Hall–Kier alpha value is -1.02. The first kappa shape index (κ1) is 18.3. The van der Waals surface area contributed by atoms with Crippen LogP contribution in [0.1, 0.15) is 20.8 Å². The molecule has 23 heavy (non-hydrogen) atoms. The molecule has 5 nitrogen and oxygen atoms in total. The van der Waals surface area contributed by atoms with Gasteiger partial charge < -0.3 is 10.1 Å². The zero-order chi connectivity index (χ0) is 17.0. The van der Waals surface area contributed by atoms with E-state index in [9.17, 15) is 4.79 Å². The van der Waals surface area contributed by atoms with Gasteiger partial charge in [0.15, 0.2) is 4.34 Å². The van der Waals surface area contributed by atoms with Crippen molar-refractivity contribution in [3.8, 4) is 5.19 Å². The molecule has 0 saturated heterocycles. The SMILES string of the molecule is CC(C)Oc1nnc(SC(C)C(=O)Nc2ccc(Cl)cc2Cl)s1. The molecule has 1 unspecified atom stereocenters. The van der Waals surface area contributed by atoms with Gasteiger partial charge >= 0.3 is 0 Å². The second-order valence-electron chi connectivity index (χ2n) is 4.87. The van der Waals surface area contributed by atoms with Crippen LogP contribution in [0.25, 0.3) is 0 Å². The molecule has 2 aromatic rings. The second-order valence-corrected chi connectivity index (χ2v) is 8.25. The van der Waals surface area contributed by atoms with Crippen LogP contribution in [0, 0.1) is 0 Å². The standard InChI is InChI=1S/C14H15Cl2N3O2S2/c1-7(2)21-13-18-19-14(23-13)22-8(3)12(20)17-11-5-4-9(15)6-10(11)16/h4-8H,1-3H3,(H,17,20). The van der Waals surface area contributed by atoms with Gasteiger partial charge in [0.25, 0.3) is 5.19 Å². The Labute approximate surface area is 152 Å². The smallest absolute Gasteiger partial charge is 0.295 e. The average molecular weight is 392 g/mol. The first-order chi connectivity index (χ1) is 10.8. The number of aromatic nitrogens is 2. The van der Waals surface area contributed by atoms with Crippen molar-refractivity contribution in [2.75, 3.05) is 5.32 Å². The predicted molar refractivity (Wildman–Crippen MR) is 96.1 cm³/mol. The topological polar surface area (TPSA) is 64.1 Å². The van der Waals surface area contributed by atoms with E-state index in [0.29, 0.717) is 25.3 Å². The number of rotatable bonds is 6. The summed E-state index contributed by atoms with van der Waals surface area (Å²) in [5, 5.41) is 11.8. The van der Waals surface area contributed by atoms with Gasteiger partial charge in [0.1, 0.15) is 0 Å². The number of carbonyl (C=O) groups is 1. The average Bonchev–Trinajstić information content (AvgIpc) is 2.88. The predicted octanol–water partition coefficient (Wildman–Crippen LogP) is 4.75. The van der Waals surface area contributed by atoms with Gasteiger partial charge in [0, 0.05) is 5.02 Å². The van der Waals surface area contributed by atoms with Crippen molar-refractivity contribution in [2.24, 2.45) is 0 Å². The fourth-order valence-electron chi connectivity index (χ4n) is 1.52. The molecular formula is C14H15Cl2N3O2S2. The number of nitrogens with zero attached hydrogens (tertiary/aromatic N) is 2. The molecule has 0 aliphatic heterocycles. The Morgan fingerprint density at radius 1 is 1.30 bits per heavy atom. The Balaban J connectivity index is 1.95. The van der Waals surface area contributed by atoms with E-state index in [1.165, 1.54) is 23.1 Å². The van der Waals surface area contributed by atoms with Gasteiger partial charge in [0.2, 0.25) is 5.91 Å². The van der Waals surface area contributed by atoms with Gasteiger partial charge in [0.05, 0.1) is 22.1 Å². The number of ether oxygens (including phenoxy) is 1. The van der Waals surface area contributed by atoms with E-state index in [-0.39, 0.29) is 17.3 Å². The fraction of sp³-hybridized carbons (Fsp3) is 0.357. The molecule has 0 saturated carbocycles. The van der Waals surface area contributed by atoms with Crippen LogP contribution in [-0.4, -0.2) is 27.5 Å². The van der Waals surface area contributed by atoms with Crippen LogP contribution in [0.4, 0.5) is 5.69 Å². The van der Waals surface area contributed by atoms with E-state index in [1.807, 2.05) is 13.8 Å². The summed E-state index contributed by atoms with van der Waals surface area (Å²) in [6.07, 6.45) is 0.0357. The van der Waals surface area contributed by atoms with Crippen molar-refractivity contribution in [3.63, 3.8) is 0 Å². The third kappa shape index (κ3) is 5.53. The highest BCUT2D eigenvalue weighted by Gasteiger charge is 2.18. The number of halogens is 2. The highest BCUT2D eigenvalue weighted by Crippen LogP contribution is 2.32. The molecule has 0 fully saturated rings. The van der Waals surface area contributed by atoms with E-state index in [4.69, 9.17) is 27.9 Å². The maximum Gasteiger partial charge on any atom is 0.295 e. The van der Waals surface area contributed by atoms with E-state index < -0.39 is 0 Å². The second kappa shape index (κ2) is 8.19. The van der Waals surface area contributed by atoms with E-state index in [2.05, 4.69) is 15.5 Å². The Morgan fingerprint density at radius 3 is 2.70 bits per heavy atom. The van der Waals surface area contributed by atoms with Gasteiger partial charge in [-0.25, -0.2) is 0 Å². The van der Waals surface area contributed by atoms with Crippen molar-refractivity contribution in [1.29, 1.82) is 0 Å². The lowest BCUT2D eigenvalue weighted by Gasteiger charge is -2.11. The van der Waals surface area contributed by atoms with Crippen molar-refractivity contribution < 1.29 is 9.53 Å². The van der Waals surface area contributed by atoms with Gasteiger partial charge in [-0.3, -0.25) is 4.79 Å². The van der Waals surface area contributed by atoms with Crippen molar-refractivity contribution in [1.82, 2.24) is 10.2 Å². The number of nitrogens with one attached hydrogen (secondary N) is 1. The molecule has 1 heterocycles. The number of anilines is 1. The molecule has 9 heteroatoms. The molecule has 1 amide bonds. The van der Waals surface area contributed by atoms with Crippen LogP contribution in [0.3, 0.4) is 0 Å². The summed E-state index contributed by atoms with van der Waals surface area (Å²) in [5.74, 6) is -0.180. The molecule has 0 radical (unpaired) electrons. The minimum Gasteiger partial charge on any atom is -0.466 e. The molecule has 1 aromatic carbocycles. The summed E-state index contributed by atoms with van der Waals surface area (Å²) in [7, 11) is 0. The first-order valence-electron chi connectivity index (χ1n) is 6.78. The van der Waals surface area contributed by atoms with Crippen molar-refractivity contribution in [3.05, 3.63) is 28.2 Å². The Bertz CT molecular complexity index is 694. The summed E-state index contributed by atoms with van der Waals surface area (Å²) in [6.45, 7) is 5.62. The molecular weight excluding hydrogens is 377 g/mol. The third-order valence-corrected chi connectivity index (χ3v) is 5.11. The molecule has 124 valence electrons. The number of benzene rings is 1. The zero-order valence-electron chi connectivity index (χ0n) is 12.7. The number of carbonyl (C=O) groups excluding carboxylic acids is 1. The van der Waals surface area contributed by atoms with Crippen LogP contribution in [0.15, 0.2) is 22.5 Å². The summed E-state index contributed by atoms with van der Waals surface area (Å²) < 4.78 is 6.13. The van der Waals surface area contributed by atoms with Gasteiger partial charge in [-0.1, -0.05) is 40.1 Å². The maximum atomic E-state index is 12.2. The Morgan fingerprint density at radius 2 is 2.04 bits per heavy atom. The number of thioether (sulfide) groups is 1.